The van der Waals surface area contributed by atoms with Gasteiger partial charge in [-0.25, -0.2) is 0 Å². The number of rotatable bonds is 8. The molecule has 2 aromatic rings. The van der Waals surface area contributed by atoms with E-state index in [-0.39, 0.29) is 11.8 Å². The van der Waals surface area contributed by atoms with Crippen LogP contribution in [0.5, 0.6) is 0 Å². The SMILES string of the molecule is CCn1c(CNC(=O)c2ccc(C)cc2)nnc1SCC(=O)NC1CCCCC1. The van der Waals surface area contributed by atoms with Gasteiger partial charge in [0.1, 0.15) is 0 Å². The lowest BCUT2D eigenvalue weighted by Crippen LogP contribution is -2.37. The van der Waals surface area contributed by atoms with Crippen LogP contribution in [-0.4, -0.2) is 38.4 Å². The van der Waals surface area contributed by atoms with Gasteiger partial charge in [-0.3, -0.25) is 9.59 Å². The normalized spacial score (nSPS) is 14.6. The topological polar surface area (TPSA) is 88.9 Å². The van der Waals surface area contributed by atoms with Crippen molar-refractivity contribution in [2.45, 2.75) is 70.2 Å². The molecule has 0 atom stereocenters. The highest BCUT2D eigenvalue weighted by Gasteiger charge is 2.18. The average molecular weight is 416 g/mol. The van der Waals surface area contributed by atoms with Gasteiger partial charge in [-0.1, -0.05) is 48.7 Å². The predicted molar refractivity (Wildman–Crippen MR) is 114 cm³/mol. The molecule has 0 unspecified atom stereocenters. The van der Waals surface area contributed by atoms with E-state index in [1.54, 1.807) is 12.1 Å². The molecule has 1 aliphatic rings. The van der Waals surface area contributed by atoms with Gasteiger partial charge in [0, 0.05) is 18.2 Å². The summed E-state index contributed by atoms with van der Waals surface area (Å²) in [6, 6.07) is 7.75. The molecule has 0 aliphatic heterocycles. The highest BCUT2D eigenvalue weighted by atomic mass is 32.2. The second-order valence-electron chi connectivity index (χ2n) is 7.38. The molecule has 1 heterocycles. The highest BCUT2D eigenvalue weighted by Crippen LogP contribution is 2.19. The Morgan fingerprint density at radius 2 is 1.86 bits per heavy atom. The molecule has 2 amide bonds. The number of aryl methyl sites for hydroxylation is 1. The van der Waals surface area contributed by atoms with Gasteiger partial charge in [0.2, 0.25) is 5.91 Å². The fourth-order valence-electron chi connectivity index (χ4n) is 3.49. The molecule has 156 valence electrons. The summed E-state index contributed by atoms with van der Waals surface area (Å²) >= 11 is 1.39. The van der Waals surface area contributed by atoms with Crippen molar-refractivity contribution >= 4 is 23.6 Å². The van der Waals surface area contributed by atoms with Gasteiger partial charge in [0.25, 0.3) is 5.91 Å². The summed E-state index contributed by atoms with van der Waals surface area (Å²) in [6.45, 7) is 4.96. The molecule has 1 aromatic heterocycles. The summed E-state index contributed by atoms with van der Waals surface area (Å²) in [5, 5.41) is 15.1. The van der Waals surface area contributed by atoms with Crippen molar-refractivity contribution in [1.82, 2.24) is 25.4 Å². The second-order valence-corrected chi connectivity index (χ2v) is 8.33. The van der Waals surface area contributed by atoms with Crippen molar-refractivity contribution in [3.05, 3.63) is 41.2 Å². The zero-order chi connectivity index (χ0) is 20.6. The number of nitrogens with zero attached hydrogens (tertiary/aromatic N) is 3. The van der Waals surface area contributed by atoms with Crippen LogP contribution in [-0.2, 0) is 17.9 Å². The maximum Gasteiger partial charge on any atom is 0.251 e. The van der Waals surface area contributed by atoms with Crippen LogP contribution in [0.15, 0.2) is 29.4 Å². The minimum Gasteiger partial charge on any atom is -0.353 e. The molecule has 0 saturated heterocycles. The summed E-state index contributed by atoms with van der Waals surface area (Å²) in [7, 11) is 0. The molecule has 0 radical (unpaired) electrons. The van der Waals surface area contributed by atoms with E-state index in [9.17, 15) is 9.59 Å². The minimum atomic E-state index is -0.142. The first-order chi connectivity index (χ1) is 14.1. The number of hydrogen-bond donors (Lipinski definition) is 2. The molecular formula is C21H29N5O2S. The van der Waals surface area contributed by atoms with Gasteiger partial charge in [-0.05, 0) is 38.8 Å². The Morgan fingerprint density at radius 1 is 1.14 bits per heavy atom. The Bertz CT molecular complexity index is 828. The monoisotopic (exact) mass is 415 g/mol. The summed E-state index contributed by atoms with van der Waals surface area (Å²) in [4.78, 5) is 24.6. The smallest absolute Gasteiger partial charge is 0.251 e. The third-order valence-electron chi connectivity index (χ3n) is 5.13. The highest BCUT2D eigenvalue weighted by molar-refractivity contribution is 7.99. The van der Waals surface area contributed by atoms with Crippen LogP contribution in [0.25, 0.3) is 0 Å². The number of thioether (sulfide) groups is 1. The van der Waals surface area contributed by atoms with Crippen LogP contribution in [0.3, 0.4) is 0 Å². The van der Waals surface area contributed by atoms with Crippen molar-refractivity contribution in [3.8, 4) is 0 Å². The maximum atomic E-state index is 12.3. The first-order valence-electron chi connectivity index (χ1n) is 10.3. The molecule has 1 saturated carbocycles. The van der Waals surface area contributed by atoms with E-state index in [1.807, 2.05) is 30.5 Å². The molecule has 2 N–H and O–H groups in total. The van der Waals surface area contributed by atoms with Crippen molar-refractivity contribution in [2.75, 3.05) is 5.75 Å². The molecule has 1 fully saturated rings. The Balaban J connectivity index is 1.51. The lowest BCUT2D eigenvalue weighted by molar-refractivity contribution is -0.119. The second kappa shape index (κ2) is 10.4. The van der Waals surface area contributed by atoms with E-state index in [0.717, 1.165) is 18.4 Å². The molecule has 29 heavy (non-hydrogen) atoms. The zero-order valence-corrected chi connectivity index (χ0v) is 17.9. The predicted octanol–water partition coefficient (Wildman–Crippen LogP) is 3.08. The molecule has 8 heteroatoms. The van der Waals surface area contributed by atoms with Crippen LogP contribution in [0, 0.1) is 6.92 Å². The van der Waals surface area contributed by atoms with E-state index in [2.05, 4.69) is 20.8 Å². The number of aromatic nitrogens is 3. The van der Waals surface area contributed by atoms with Gasteiger partial charge in [0.15, 0.2) is 11.0 Å². The quantitative estimate of drug-likeness (QED) is 0.647. The average Bonchev–Trinajstić information content (AvgIpc) is 3.13. The standard InChI is InChI=1S/C21H29N5O2S/c1-3-26-18(13-22-20(28)16-11-9-15(2)10-12-16)24-25-21(26)29-14-19(27)23-17-7-5-4-6-8-17/h9-12,17H,3-8,13-14H2,1-2H3,(H,22,28)(H,23,27). The Hall–Kier alpha value is -2.35. The van der Waals surface area contributed by atoms with Gasteiger partial charge in [-0.15, -0.1) is 10.2 Å². The van der Waals surface area contributed by atoms with Crippen molar-refractivity contribution < 1.29 is 9.59 Å². The summed E-state index contributed by atoms with van der Waals surface area (Å²) in [5.74, 6) is 0.909. The summed E-state index contributed by atoms with van der Waals surface area (Å²) < 4.78 is 1.94. The molecule has 1 aliphatic carbocycles. The fraction of sp³-hybridized carbons (Fsp3) is 0.524. The van der Waals surface area contributed by atoms with E-state index in [1.165, 1.54) is 31.0 Å². The Morgan fingerprint density at radius 3 is 2.55 bits per heavy atom. The molecule has 0 spiro atoms. The molecular weight excluding hydrogens is 386 g/mol. The lowest BCUT2D eigenvalue weighted by atomic mass is 9.95. The van der Waals surface area contributed by atoms with Crippen LogP contribution < -0.4 is 10.6 Å². The van der Waals surface area contributed by atoms with Crippen molar-refractivity contribution in [1.29, 1.82) is 0 Å². The van der Waals surface area contributed by atoms with Crippen LogP contribution in [0.1, 0.15) is 60.8 Å². The van der Waals surface area contributed by atoms with E-state index in [0.29, 0.717) is 41.4 Å². The third-order valence-corrected chi connectivity index (χ3v) is 6.10. The Kier molecular flexibility index (Phi) is 7.69. The van der Waals surface area contributed by atoms with E-state index >= 15 is 0 Å². The summed E-state index contributed by atoms with van der Waals surface area (Å²) in [6.07, 6.45) is 5.81. The molecule has 1 aromatic carbocycles. The van der Waals surface area contributed by atoms with Gasteiger partial charge < -0.3 is 15.2 Å². The number of carbonyl (C=O) groups is 2. The lowest BCUT2D eigenvalue weighted by Gasteiger charge is -2.22. The van der Waals surface area contributed by atoms with Crippen LogP contribution in [0.2, 0.25) is 0 Å². The van der Waals surface area contributed by atoms with Gasteiger partial charge >= 0.3 is 0 Å². The van der Waals surface area contributed by atoms with E-state index in [4.69, 9.17) is 0 Å². The minimum absolute atomic E-state index is 0.0433. The first-order valence-corrected chi connectivity index (χ1v) is 11.2. The fourth-order valence-corrected chi connectivity index (χ4v) is 4.32. The number of nitrogens with one attached hydrogen (secondary N) is 2. The maximum absolute atomic E-state index is 12.3. The third kappa shape index (κ3) is 6.06. The van der Waals surface area contributed by atoms with Crippen molar-refractivity contribution in [3.63, 3.8) is 0 Å². The first kappa shape index (κ1) is 21.4. The van der Waals surface area contributed by atoms with Crippen LogP contribution >= 0.6 is 11.8 Å². The van der Waals surface area contributed by atoms with Gasteiger partial charge in [-0.2, -0.15) is 0 Å². The summed E-state index contributed by atoms with van der Waals surface area (Å²) in [5.41, 5.74) is 1.73. The van der Waals surface area contributed by atoms with E-state index < -0.39 is 0 Å². The van der Waals surface area contributed by atoms with Crippen LogP contribution in [0.4, 0.5) is 0 Å². The Labute approximate surface area is 176 Å². The van der Waals surface area contributed by atoms with Gasteiger partial charge in [0.05, 0.1) is 12.3 Å². The number of amides is 2. The molecule has 0 bridgehead atoms. The number of benzene rings is 1. The van der Waals surface area contributed by atoms with Crippen molar-refractivity contribution in [2.24, 2.45) is 0 Å². The molecule has 3 rings (SSSR count). The molecule has 7 nitrogen and oxygen atoms in total. The number of carbonyl (C=O) groups excluding carboxylic acids is 2. The largest absolute Gasteiger partial charge is 0.353 e. The zero-order valence-electron chi connectivity index (χ0n) is 17.1. The number of hydrogen-bond acceptors (Lipinski definition) is 5.